The molecular formula is C19H18ClF3OS. The number of rotatable bonds is 3. The molecule has 2 unspecified atom stereocenters. The molecule has 0 aliphatic carbocycles. The highest BCUT2D eigenvalue weighted by Gasteiger charge is 2.36. The normalized spacial score (nSPS) is 24.3. The molecule has 0 N–H and O–H groups in total. The molecule has 2 aromatic carbocycles. The van der Waals surface area contributed by atoms with Gasteiger partial charge in [-0.3, -0.25) is 0 Å². The number of halogens is 4. The molecule has 1 fully saturated rings. The van der Waals surface area contributed by atoms with Crippen molar-refractivity contribution < 1.29 is 17.9 Å². The van der Waals surface area contributed by atoms with Crippen LogP contribution in [0.3, 0.4) is 0 Å². The van der Waals surface area contributed by atoms with Crippen LogP contribution < -0.4 is 0 Å². The smallest absolute Gasteiger partial charge is 0.371 e. The van der Waals surface area contributed by atoms with Crippen molar-refractivity contribution >= 4 is 23.4 Å². The van der Waals surface area contributed by atoms with Crippen LogP contribution in [-0.2, 0) is 16.5 Å². The summed E-state index contributed by atoms with van der Waals surface area (Å²) in [5.74, 6) is 0. The maximum Gasteiger partial charge on any atom is 0.416 e. The first-order valence-corrected chi connectivity index (χ1v) is 9.26. The molecule has 0 radical (unpaired) electrons. The Morgan fingerprint density at radius 1 is 1.16 bits per heavy atom. The molecule has 0 bridgehead atoms. The minimum Gasteiger partial charge on any atom is -0.371 e. The van der Waals surface area contributed by atoms with Crippen molar-refractivity contribution in [3.05, 3.63) is 64.7 Å². The molecule has 1 nitrogen and oxygen atoms in total. The fraction of sp³-hybridized carbons (Fsp3) is 0.368. The van der Waals surface area contributed by atoms with Gasteiger partial charge in [0.15, 0.2) is 0 Å². The Morgan fingerprint density at radius 3 is 2.56 bits per heavy atom. The van der Waals surface area contributed by atoms with Gasteiger partial charge in [0.2, 0.25) is 0 Å². The van der Waals surface area contributed by atoms with Crippen LogP contribution in [0.15, 0.2) is 53.4 Å². The highest BCUT2D eigenvalue weighted by molar-refractivity contribution is 8.00. The molecule has 2 aromatic rings. The predicted octanol–water partition coefficient (Wildman–Crippen LogP) is 6.55. The van der Waals surface area contributed by atoms with E-state index in [0.717, 1.165) is 24.5 Å². The molecule has 134 valence electrons. The molecule has 0 spiro atoms. The van der Waals surface area contributed by atoms with Gasteiger partial charge in [-0.1, -0.05) is 29.8 Å². The Balaban J connectivity index is 1.75. The molecule has 6 heteroatoms. The van der Waals surface area contributed by atoms with Crippen molar-refractivity contribution in [2.45, 2.75) is 41.7 Å². The average Bonchev–Trinajstić information content (AvgIpc) is 2.55. The van der Waals surface area contributed by atoms with Crippen LogP contribution in [0.4, 0.5) is 13.2 Å². The lowest BCUT2D eigenvalue weighted by Gasteiger charge is -2.38. The van der Waals surface area contributed by atoms with Crippen molar-refractivity contribution in [2.75, 3.05) is 6.61 Å². The zero-order valence-electron chi connectivity index (χ0n) is 13.6. The van der Waals surface area contributed by atoms with Gasteiger partial charge >= 0.3 is 6.18 Å². The summed E-state index contributed by atoms with van der Waals surface area (Å²) in [6.45, 7) is 2.60. The Kier molecular flexibility index (Phi) is 5.37. The van der Waals surface area contributed by atoms with Crippen molar-refractivity contribution in [2.24, 2.45) is 0 Å². The van der Waals surface area contributed by atoms with Crippen LogP contribution in [-0.4, -0.2) is 11.9 Å². The number of benzene rings is 2. The van der Waals surface area contributed by atoms with Gasteiger partial charge in [-0.2, -0.15) is 13.2 Å². The first-order chi connectivity index (χ1) is 11.8. The summed E-state index contributed by atoms with van der Waals surface area (Å²) in [7, 11) is 0. The standard InChI is InChI=1S/C19H18ClF3OS/c1-18(13-5-7-15(20)8-6-13)12-17(9-10-24-18)25-16-4-2-3-14(11-16)19(21,22)23/h2-8,11,17H,9-10,12H2,1H3. The van der Waals surface area contributed by atoms with E-state index in [1.165, 1.54) is 23.9 Å². The van der Waals surface area contributed by atoms with Gasteiger partial charge in [-0.25, -0.2) is 0 Å². The van der Waals surface area contributed by atoms with Crippen molar-refractivity contribution in [1.29, 1.82) is 0 Å². The van der Waals surface area contributed by atoms with Gasteiger partial charge < -0.3 is 4.74 Å². The van der Waals surface area contributed by atoms with E-state index in [4.69, 9.17) is 16.3 Å². The first-order valence-electron chi connectivity index (χ1n) is 8.00. The summed E-state index contributed by atoms with van der Waals surface area (Å²) in [5, 5.41) is 0.857. The van der Waals surface area contributed by atoms with E-state index >= 15 is 0 Å². The second kappa shape index (κ2) is 7.22. The first kappa shape index (κ1) is 18.6. The number of hydrogen-bond donors (Lipinski definition) is 0. The zero-order chi connectivity index (χ0) is 18.1. The molecular weight excluding hydrogens is 369 g/mol. The van der Waals surface area contributed by atoms with Gasteiger partial charge in [-0.05, 0) is 55.7 Å². The molecule has 3 rings (SSSR count). The molecule has 1 heterocycles. The summed E-state index contributed by atoms with van der Waals surface area (Å²) >= 11 is 7.44. The number of ether oxygens (including phenoxy) is 1. The maximum atomic E-state index is 12.9. The van der Waals surface area contributed by atoms with Crippen LogP contribution in [0, 0.1) is 0 Å². The molecule has 0 aromatic heterocycles. The van der Waals surface area contributed by atoms with E-state index in [2.05, 4.69) is 0 Å². The van der Waals surface area contributed by atoms with Crippen LogP contribution in [0.2, 0.25) is 5.02 Å². The fourth-order valence-corrected chi connectivity index (χ4v) is 4.53. The fourth-order valence-electron chi connectivity index (χ4n) is 3.05. The van der Waals surface area contributed by atoms with Crippen molar-refractivity contribution in [3.63, 3.8) is 0 Å². The third kappa shape index (κ3) is 4.52. The summed E-state index contributed by atoms with van der Waals surface area (Å²) in [6.07, 6.45) is -2.77. The second-order valence-corrected chi connectivity index (χ2v) is 8.15. The lowest BCUT2D eigenvalue weighted by atomic mass is 9.88. The van der Waals surface area contributed by atoms with Gasteiger partial charge in [0.25, 0.3) is 0 Å². The van der Waals surface area contributed by atoms with Crippen LogP contribution >= 0.6 is 23.4 Å². The molecule has 0 saturated carbocycles. The molecule has 1 saturated heterocycles. The SMILES string of the molecule is CC1(c2ccc(Cl)cc2)CC(Sc2cccc(C(F)(F)F)c2)CCO1. The van der Waals surface area contributed by atoms with Gasteiger partial charge in [-0.15, -0.1) is 11.8 Å². The van der Waals surface area contributed by atoms with Crippen LogP contribution in [0.1, 0.15) is 30.9 Å². The summed E-state index contributed by atoms with van der Waals surface area (Å²) in [6, 6.07) is 13.1. The monoisotopic (exact) mass is 386 g/mol. The summed E-state index contributed by atoms with van der Waals surface area (Å²) in [5.41, 5.74) is -0.0291. The van der Waals surface area contributed by atoms with Crippen molar-refractivity contribution in [1.82, 2.24) is 0 Å². The maximum absolute atomic E-state index is 12.9. The molecule has 0 amide bonds. The van der Waals surface area contributed by atoms with E-state index in [1.807, 2.05) is 31.2 Å². The average molecular weight is 387 g/mol. The van der Waals surface area contributed by atoms with E-state index in [0.29, 0.717) is 16.5 Å². The molecule has 1 aliphatic heterocycles. The Bertz CT molecular complexity index is 732. The Morgan fingerprint density at radius 2 is 1.88 bits per heavy atom. The minimum atomic E-state index is -4.32. The topological polar surface area (TPSA) is 9.23 Å². The summed E-state index contributed by atoms with van der Waals surface area (Å²) in [4.78, 5) is 0.639. The van der Waals surface area contributed by atoms with Crippen LogP contribution in [0.5, 0.6) is 0 Å². The van der Waals surface area contributed by atoms with E-state index in [1.54, 1.807) is 6.07 Å². The van der Waals surface area contributed by atoms with Gasteiger partial charge in [0.1, 0.15) is 0 Å². The Labute approximate surface area is 154 Å². The second-order valence-electron chi connectivity index (χ2n) is 6.34. The van der Waals surface area contributed by atoms with Gasteiger partial charge in [0.05, 0.1) is 11.2 Å². The van der Waals surface area contributed by atoms with E-state index in [-0.39, 0.29) is 5.25 Å². The number of hydrogen-bond acceptors (Lipinski definition) is 2. The van der Waals surface area contributed by atoms with E-state index in [9.17, 15) is 13.2 Å². The lowest BCUT2D eigenvalue weighted by Crippen LogP contribution is -2.35. The predicted molar refractivity (Wildman–Crippen MR) is 95.1 cm³/mol. The number of alkyl halides is 3. The highest BCUT2D eigenvalue weighted by Crippen LogP contribution is 2.42. The molecule has 25 heavy (non-hydrogen) atoms. The molecule has 2 atom stereocenters. The third-order valence-corrected chi connectivity index (χ3v) is 5.91. The molecule has 1 aliphatic rings. The quantitative estimate of drug-likeness (QED) is 0.591. The lowest BCUT2D eigenvalue weighted by molar-refractivity contribution is -0.137. The van der Waals surface area contributed by atoms with Crippen molar-refractivity contribution in [3.8, 4) is 0 Å². The number of thioether (sulfide) groups is 1. The van der Waals surface area contributed by atoms with Crippen LogP contribution in [0.25, 0.3) is 0 Å². The minimum absolute atomic E-state index is 0.193. The largest absolute Gasteiger partial charge is 0.416 e. The zero-order valence-corrected chi connectivity index (χ0v) is 15.2. The summed E-state index contributed by atoms with van der Waals surface area (Å²) < 4.78 is 44.7. The highest BCUT2D eigenvalue weighted by atomic mass is 35.5. The Hall–Kier alpha value is -1.17. The third-order valence-electron chi connectivity index (χ3n) is 4.40. The van der Waals surface area contributed by atoms with E-state index < -0.39 is 17.3 Å². The van der Waals surface area contributed by atoms with Gasteiger partial charge in [0, 0.05) is 21.8 Å².